The molecule has 2 unspecified atom stereocenters. The molecule has 130 valence electrons. The number of hydrogen-bond acceptors (Lipinski definition) is 3. The summed E-state index contributed by atoms with van der Waals surface area (Å²) in [4.78, 5) is 14.8. The van der Waals surface area contributed by atoms with Gasteiger partial charge in [0.2, 0.25) is 5.91 Å². The number of para-hydroxylation sites is 2. The summed E-state index contributed by atoms with van der Waals surface area (Å²) in [5, 5.41) is 0. The Morgan fingerprint density at radius 3 is 1.76 bits per heavy atom. The highest BCUT2D eigenvalue weighted by Gasteiger charge is 2.29. The molecule has 2 aliphatic rings. The van der Waals surface area contributed by atoms with Crippen molar-refractivity contribution < 1.29 is 14.3 Å². The summed E-state index contributed by atoms with van der Waals surface area (Å²) in [5.74, 6) is 0.105. The van der Waals surface area contributed by atoms with E-state index in [4.69, 9.17) is 9.47 Å². The van der Waals surface area contributed by atoms with Gasteiger partial charge in [-0.1, -0.05) is 43.3 Å². The Bertz CT molecular complexity index is 708. The fraction of sp³-hybridized carbons (Fsp3) is 0.381. The molecule has 4 nitrogen and oxygen atoms in total. The molecule has 2 aromatic carbocycles. The van der Waals surface area contributed by atoms with Crippen LogP contribution >= 0.6 is 0 Å². The highest BCUT2D eigenvalue weighted by molar-refractivity contribution is 6.01. The summed E-state index contributed by atoms with van der Waals surface area (Å²) >= 11 is 0. The van der Waals surface area contributed by atoms with Crippen LogP contribution in [0.3, 0.4) is 0 Å². The molecule has 0 saturated carbocycles. The fourth-order valence-electron chi connectivity index (χ4n) is 3.22. The average Bonchev–Trinajstić information content (AvgIpc) is 3.54. The van der Waals surface area contributed by atoms with E-state index in [1.54, 1.807) is 0 Å². The Morgan fingerprint density at radius 1 is 0.920 bits per heavy atom. The third-order valence-corrected chi connectivity index (χ3v) is 4.72. The van der Waals surface area contributed by atoms with Gasteiger partial charge in [-0.2, -0.15) is 0 Å². The fourth-order valence-corrected chi connectivity index (χ4v) is 3.22. The van der Waals surface area contributed by atoms with Crippen LogP contribution in [0, 0.1) is 0 Å². The van der Waals surface area contributed by atoms with Crippen LogP contribution in [0.2, 0.25) is 0 Å². The summed E-state index contributed by atoms with van der Waals surface area (Å²) in [5.41, 5.74) is 4.25. The second kappa shape index (κ2) is 6.98. The topological polar surface area (TPSA) is 45.4 Å². The zero-order chi connectivity index (χ0) is 17.2. The van der Waals surface area contributed by atoms with Crippen LogP contribution < -0.4 is 4.90 Å². The molecule has 2 aliphatic heterocycles. The molecule has 0 radical (unpaired) electrons. The van der Waals surface area contributed by atoms with Crippen LogP contribution in [0.4, 0.5) is 11.4 Å². The van der Waals surface area contributed by atoms with Crippen molar-refractivity contribution in [2.75, 3.05) is 18.1 Å². The van der Waals surface area contributed by atoms with Crippen LogP contribution in [0.25, 0.3) is 0 Å². The molecule has 0 spiro atoms. The molecule has 2 atom stereocenters. The van der Waals surface area contributed by atoms with Gasteiger partial charge in [-0.15, -0.1) is 0 Å². The van der Waals surface area contributed by atoms with Gasteiger partial charge in [0.1, 0.15) is 0 Å². The summed E-state index contributed by atoms with van der Waals surface area (Å²) in [6, 6.07) is 16.3. The number of carbonyl (C=O) groups is 1. The van der Waals surface area contributed by atoms with Gasteiger partial charge in [-0.25, -0.2) is 0 Å². The first-order valence-corrected chi connectivity index (χ1v) is 8.98. The van der Waals surface area contributed by atoms with Gasteiger partial charge in [-0.05, 0) is 23.3 Å². The second-order valence-electron chi connectivity index (χ2n) is 6.66. The predicted octanol–water partition coefficient (Wildman–Crippen LogP) is 3.64. The Hall–Kier alpha value is -2.17. The Labute approximate surface area is 148 Å². The maximum absolute atomic E-state index is 12.9. The number of epoxide rings is 2. The van der Waals surface area contributed by atoms with Crippen LogP contribution in [0.15, 0.2) is 48.5 Å². The normalized spacial score (nSPS) is 21.0. The Morgan fingerprint density at radius 2 is 1.36 bits per heavy atom. The first-order chi connectivity index (χ1) is 12.3. The van der Waals surface area contributed by atoms with Crippen LogP contribution in [0.5, 0.6) is 0 Å². The molecular weight excluding hydrogens is 314 g/mol. The van der Waals surface area contributed by atoms with Crippen LogP contribution in [-0.4, -0.2) is 31.3 Å². The van der Waals surface area contributed by atoms with Gasteiger partial charge in [0.25, 0.3) is 0 Å². The molecule has 0 aliphatic carbocycles. The Kier molecular flexibility index (Phi) is 4.55. The molecule has 25 heavy (non-hydrogen) atoms. The first-order valence-electron chi connectivity index (χ1n) is 8.98. The van der Waals surface area contributed by atoms with Gasteiger partial charge >= 0.3 is 0 Å². The summed E-state index contributed by atoms with van der Waals surface area (Å²) in [7, 11) is 0. The molecule has 2 aromatic rings. The largest absolute Gasteiger partial charge is 0.373 e. The molecule has 4 heteroatoms. The smallest absolute Gasteiger partial charge is 0.231 e. The average molecular weight is 337 g/mol. The van der Waals surface area contributed by atoms with Gasteiger partial charge in [0.15, 0.2) is 0 Å². The van der Waals surface area contributed by atoms with Crippen molar-refractivity contribution in [1.82, 2.24) is 0 Å². The van der Waals surface area contributed by atoms with E-state index < -0.39 is 0 Å². The van der Waals surface area contributed by atoms with E-state index in [1.807, 2.05) is 48.2 Å². The number of amides is 1. The lowest BCUT2D eigenvalue weighted by Crippen LogP contribution is -2.27. The maximum Gasteiger partial charge on any atom is 0.231 e. The summed E-state index contributed by atoms with van der Waals surface area (Å²) < 4.78 is 10.8. The minimum Gasteiger partial charge on any atom is -0.373 e. The minimum atomic E-state index is 0.105. The molecule has 1 amide bonds. The SMILES string of the molecule is CCC(=O)N(c1ccccc1CC1CO1)c1ccccc1CC1CO1. The van der Waals surface area contributed by atoms with Crippen molar-refractivity contribution in [1.29, 1.82) is 0 Å². The van der Waals surface area contributed by atoms with Crippen molar-refractivity contribution >= 4 is 17.3 Å². The summed E-state index contributed by atoms with van der Waals surface area (Å²) in [6.07, 6.45) is 2.72. The number of carbonyl (C=O) groups excluding carboxylic acids is 1. The highest BCUT2D eigenvalue weighted by atomic mass is 16.6. The number of rotatable bonds is 7. The zero-order valence-corrected chi connectivity index (χ0v) is 14.5. The lowest BCUT2D eigenvalue weighted by atomic mass is 10.0. The molecule has 2 saturated heterocycles. The summed E-state index contributed by atoms with van der Waals surface area (Å²) in [6.45, 7) is 3.53. The maximum atomic E-state index is 12.9. The molecule has 0 bridgehead atoms. The van der Waals surface area contributed by atoms with Crippen molar-refractivity contribution in [2.45, 2.75) is 38.4 Å². The minimum absolute atomic E-state index is 0.105. The molecular formula is C21H23NO3. The van der Waals surface area contributed by atoms with E-state index in [9.17, 15) is 4.79 Å². The van der Waals surface area contributed by atoms with Crippen molar-refractivity contribution in [3.63, 3.8) is 0 Å². The van der Waals surface area contributed by atoms with Gasteiger partial charge in [-0.3, -0.25) is 9.69 Å². The lowest BCUT2D eigenvalue weighted by molar-refractivity contribution is -0.117. The van der Waals surface area contributed by atoms with Gasteiger partial charge < -0.3 is 9.47 Å². The van der Waals surface area contributed by atoms with Crippen molar-refractivity contribution in [3.8, 4) is 0 Å². The molecule has 4 rings (SSSR count). The van der Waals surface area contributed by atoms with E-state index in [1.165, 1.54) is 0 Å². The number of ether oxygens (including phenoxy) is 2. The van der Waals surface area contributed by atoms with Crippen LogP contribution in [0.1, 0.15) is 24.5 Å². The third kappa shape index (κ3) is 3.75. The predicted molar refractivity (Wildman–Crippen MR) is 97.2 cm³/mol. The second-order valence-corrected chi connectivity index (χ2v) is 6.66. The first kappa shape index (κ1) is 16.3. The van der Waals surface area contributed by atoms with Gasteiger partial charge in [0, 0.05) is 19.3 Å². The number of hydrogen-bond donors (Lipinski definition) is 0. The quantitative estimate of drug-likeness (QED) is 0.725. The molecule has 2 heterocycles. The van der Waals surface area contributed by atoms with Crippen molar-refractivity contribution in [2.24, 2.45) is 0 Å². The number of nitrogens with zero attached hydrogens (tertiary/aromatic N) is 1. The monoisotopic (exact) mass is 337 g/mol. The standard InChI is InChI=1S/C21H23NO3/c1-2-21(23)22(19-9-5-3-7-15(19)11-17-13-24-17)20-10-6-4-8-16(20)12-18-14-25-18/h3-10,17-18H,2,11-14H2,1H3. The van der Waals surface area contributed by atoms with Crippen molar-refractivity contribution in [3.05, 3.63) is 59.7 Å². The van der Waals surface area contributed by atoms with E-state index in [0.717, 1.165) is 48.6 Å². The molecule has 2 fully saturated rings. The molecule has 0 N–H and O–H groups in total. The van der Waals surface area contributed by atoms with E-state index in [0.29, 0.717) is 6.42 Å². The number of anilines is 2. The lowest BCUT2D eigenvalue weighted by Gasteiger charge is -2.27. The highest BCUT2D eigenvalue weighted by Crippen LogP contribution is 2.35. The van der Waals surface area contributed by atoms with Gasteiger partial charge in [0.05, 0.1) is 36.8 Å². The van der Waals surface area contributed by atoms with E-state index in [-0.39, 0.29) is 18.1 Å². The van der Waals surface area contributed by atoms with E-state index >= 15 is 0 Å². The van der Waals surface area contributed by atoms with E-state index in [2.05, 4.69) is 12.1 Å². The molecule has 0 aromatic heterocycles. The third-order valence-electron chi connectivity index (χ3n) is 4.72. The number of benzene rings is 2. The zero-order valence-electron chi connectivity index (χ0n) is 14.5. The van der Waals surface area contributed by atoms with Crippen LogP contribution in [-0.2, 0) is 27.1 Å². The Balaban J connectivity index is 1.75.